The van der Waals surface area contributed by atoms with E-state index in [1.807, 2.05) is 48.6 Å². The summed E-state index contributed by atoms with van der Waals surface area (Å²) in [4.78, 5) is 0. The lowest BCUT2D eigenvalue weighted by Gasteiger charge is -1.87. The smallest absolute Gasteiger partial charge is 0.0912 e. The highest BCUT2D eigenvalue weighted by molar-refractivity contribution is 5.50. The molecular weight excluding hydrogens is 244 g/mol. The van der Waals surface area contributed by atoms with Crippen molar-refractivity contribution in [2.75, 3.05) is 0 Å². The molecule has 2 nitrogen and oxygen atoms in total. The first-order valence-corrected chi connectivity index (χ1v) is 5.78. The predicted molar refractivity (Wildman–Crippen MR) is 86.4 cm³/mol. The molecule has 0 bridgehead atoms. The van der Waals surface area contributed by atoms with Crippen LogP contribution in [-0.4, -0.2) is 0 Å². The molecule has 0 aliphatic carbocycles. The molecule has 0 aliphatic heterocycles. The Morgan fingerprint density at radius 3 is 1.80 bits per heavy atom. The lowest BCUT2D eigenvalue weighted by Crippen LogP contribution is -1.66. The normalized spacial score (nSPS) is 8.10. The summed E-state index contributed by atoms with van der Waals surface area (Å²) < 4.78 is 0. The second-order valence-corrected chi connectivity index (χ2v) is 3.06. The van der Waals surface area contributed by atoms with Crippen molar-refractivity contribution >= 4 is 6.08 Å². The maximum absolute atomic E-state index is 8.19. The van der Waals surface area contributed by atoms with E-state index < -0.39 is 0 Å². The van der Waals surface area contributed by atoms with E-state index in [4.69, 9.17) is 10.5 Å². The molecule has 0 fully saturated rings. The molecule has 0 N–H and O–H groups in total. The number of allylic oxidation sites excluding steroid dienone is 6. The zero-order valence-electron chi connectivity index (χ0n) is 11.4. The minimum Gasteiger partial charge on any atom is -0.193 e. The highest BCUT2D eigenvalue weighted by atomic mass is 14.2. The van der Waals surface area contributed by atoms with Gasteiger partial charge in [0.25, 0.3) is 0 Å². The van der Waals surface area contributed by atoms with Crippen molar-refractivity contribution in [1.82, 2.24) is 0 Å². The monoisotopic (exact) mass is 262 g/mol. The Bertz CT molecular complexity index is 503. The Balaban J connectivity index is 0. The largest absolute Gasteiger partial charge is 0.193 e. The Labute approximate surface area is 121 Å². The van der Waals surface area contributed by atoms with Crippen LogP contribution in [0.5, 0.6) is 0 Å². The van der Waals surface area contributed by atoms with Crippen LogP contribution in [0.1, 0.15) is 5.56 Å². The first kappa shape index (κ1) is 19.2. The Kier molecular flexibility index (Phi) is 17.6. The molecule has 20 heavy (non-hydrogen) atoms. The van der Waals surface area contributed by atoms with Gasteiger partial charge >= 0.3 is 0 Å². The number of rotatable bonds is 3. The summed E-state index contributed by atoms with van der Waals surface area (Å²) in [6.07, 6.45) is 11.4. The molecule has 0 atom stereocenters. The summed E-state index contributed by atoms with van der Waals surface area (Å²) in [6, 6.07) is 13.6. The molecule has 2 heteroatoms. The van der Waals surface area contributed by atoms with Gasteiger partial charge in [0.15, 0.2) is 0 Å². The van der Waals surface area contributed by atoms with E-state index in [0.29, 0.717) is 0 Å². The van der Waals surface area contributed by atoms with Gasteiger partial charge in [0.2, 0.25) is 0 Å². The van der Waals surface area contributed by atoms with Gasteiger partial charge < -0.3 is 0 Å². The molecule has 0 radical (unpaired) electrons. The molecule has 0 unspecified atom stereocenters. The minimum absolute atomic E-state index is 1.14. The molecule has 100 valence electrons. The quantitative estimate of drug-likeness (QED) is 0.578. The molecule has 0 heterocycles. The molecule has 1 aromatic rings. The van der Waals surface area contributed by atoms with Crippen LogP contribution in [0.25, 0.3) is 6.08 Å². The zero-order chi connectivity index (χ0) is 15.5. The van der Waals surface area contributed by atoms with Gasteiger partial charge in [0.1, 0.15) is 0 Å². The standard InChI is InChI=1S/C11H9N.C4H6.C3H3N/c12-10-6-2-5-9-11-7-3-1-4-8-11;1-3-4-2;1-2-3-4/h1-9H;3-4H,1-2H2;2H,1H2. The Morgan fingerprint density at radius 2 is 1.40 bits per heavy atom. The number of benzene rings is 1. The second-order valence-electron chi connectivity index (χ2n) is 3.06. The van der Waals surface area contributed by atoms with E-state index >= 15 is 0 Å². The summed E-state index contributed by atoms with van der Waals surface area (Å²) in [5, 5.41) is 15.7. The molecular formula is C18H18N2. The van der Waals surface area contributed by atoms with Crippen LogP contribution in [-0.2, 0) is 0 Å². The number of nitriles is 2. The molecule has 0 saturated heterocycles. The lowest BCUT2D eigenvalue weighted by molar-refractivity contribution is 1.53. The Hall–Kier alpha value is -3.10. The molecule has 0 aliphatic rings. The van der Waals surface area contributed by atoms with Crippen molar-refractivity contribution in [2.45, 2.75) is 0 Å². The number of hydrogen-bond acceptors (Lipinski definition) is 2. The first-order valence-electron chi connectivity index (χ1n) is 5.78. The van der Waals surface area contributed by atoms with E-state index in [1.54, 1.807) is 24.3 Å². The van der Waals surface area contributed by atoms with Crippen LogP contribution in [0.3, 0.4) is 0 Å². The fourth-order valence-corrected chi connectivity index (χ4v) is 0.829. The van der Waals surface area contributed by atoms with E-state index in [-0.39, 0.29) is 0 Å². The molecule has 0 saturated carbocycles. The van der Waals surface area contributed by atoms with E-state index in [1.165, 1.54) is 12.2 Å². The van der Waals surface area contributed by atoms with Gasteiger partial charge in [-0.05, 0) is 5.56 Å². The topological polar surface area (TPSA) is 47.6 Å². The van der Waals surface area contributed by atoms with Crippen molar-refractivity contribution in [3.05, 3.63) is 92.1 Å². The zero-order valence-corrected chi connectivity index (χ0v) is 11.4. The van der Waals surface area contributed by atoms with Gasteiger partial charge in [-0.1, -0.05) is 80.4 Å². The van der Waals surface area contributed by atoms with E-state index in [2.05, 4.69) is 19.7 Å². The first-order chi connectivity index (χ1) is 9.76. The van der Waals surface area contributed by atoms with Crippen LogP contribution in [0, 0.1) is 22.7 Å². The number of nitrogens with zero attached hydrogens (tertiary/aromatic N) is 2. The lowest BCUT2D eigenvalue weighted by atomic mass is 10.2. The fourth-order valence-electron chi connectivity index (χ4n) is 0.829. The van der Waals surface area contributed by atoms with Crippen molar-refractivity contribution in [2.24, 2.45) is 0 Å². The van der Waals surface area contributed by atoms with E-state index in [9.17, 15) is 0 Å². The summed E-state index contributed by atoms with van der Waals surface area (Å²) in [5.41, 5.74) is 1.14. The summed E-state index contributed by atoms with van der Waals surface area (Å²) in [5.74, 6) is 0. The average molecular weight is 262 g/mol. The van der Waals surface area contributed by atoms with Crippen molar-refractivity contribution in [1.29, 1.82) is 10.5 Å². The summed E-state index contributed by atoms with van der Waals surface area (Å²) in [7, 11) is 0. The van der Waals surface area contributed by atoms with Crippen LogP contribution in [0.4, 0.5) is 0 Å². The van der Waals surface area contributed by atoms with E-state index in [0.717, 1.165) is 5.56 Å². The Morgan fingerprint density at radius 1 is 0.850 bits per heavy atom. The highest BCUT2D eigenvalue weighted by Crippen LogP contribution is 2.00. The van der Waals surface area contributed by atoms with Gasteiger partial charge in [-0.2, -0.15) is 10.5 Å². The fraction of sp³-hybridized carbons (Fsp3) is 0. The van der Waals surface area contributed by atoms with Crippen LogP contribution >= 0.6 is 0 Å². The van der Waals surface area contributed by atoms with Crippen LogP contribution in [0.2, 0.25) is 0 Å². The highest BCUT2D eigenvalue weighted by Gasteiger charge is 1.78. The molecule has 0 spiro atoms. The van der Waals surface area contributed by atoms with Gasteiger partial charge in [0.05, 0.1) is 12.1 Å². The maximum Gasteiger partial charge on any atom is 0.0912 e. The van der Waals surface area contributed by atoms with Crippen LogP contribution < -0.4 is 0 Å². The minimum atomic E-state index is 1.14. The summed E-state index contributed by atoms with van der Waals surface area (Å²) in [6.45, 7) is 9.84. The van der Waals surface area contributed by atoms with Crippen molar-refractivity contribution in [3.8, 4) is 12.1 Å². The predicted octanol–water partition coefficient (Wildman–Crippen LogP) is 4.83. The third-order valence-electron chi connectivity index (χ3n) is 1.63. The summed E-state index contributed by atoms with van der Waals surface area (Å²) >= 11 is 0. The second kappa shape index (κ2) is 18.3. The van der Waals surface area contributed by atoms with Crippen LogP contribution in [0.15, 0.2) is 86.5 Å². The van der Waals surface area contributed by atoms with Gasteiger partial charge in [0, 0.05) is 12.2 Å². The van der Waals surface area contributed by atoms with Gasteiger partial charge in [-0.3, -0.25) is 0 Å². The van der Waals surface area contributed by atoms with Crippen molar-refractivity contribution in [3.63, 3.8) is 0 Å². The average Bonchev–Trinajstić information content (AvgIpc) is 2.53. The van der Waals surface area contributed by atoms with Gasteiger partial charge in [-0.25, -0.2) is 0 Å². The number of hydrogen-bond donors (Lipinski definition) is 0. The molecule has 1 rings (SSSR count). The third kappa shape index (κ3) is 17.3. The van der Waals surface area contributed by atoms with Crippen molar-refractivity contribution < 1.29 is 0 Å². The molecule has 0 aromatic heterocycles. The maximum atomic E-state index is 8.19. The SMILES string of the molecule is C=CC#N.C=CC=C.N#CC=CC=Cc1ccccc1. The third-order valence-corrected chi connectivity index (χ3v) is 1.63. The molecule has 1 aromatic carbocycles. The van der Waals surface area contributed by atoms with Gasteiger partial charge in [-0.15, -0.1) is 0 Å². The molecule has 0 amide bonds.